The summed E-state index contributed by atoms with van der Waals surface area (Å²) in [6.45, 7) is 1.10. The molecule has 7 nitrogen and oxygen atoms in total. The van der Waals surface area contributed by atoms with Gasteiger partial charge in [0.05, 0.1) is 6.33 Å². The van der Waals surface area contributed by atoms with Crippen molar-refractivity contribution in [3.05, 3.63) is 17.8 Å². The summed E-state index contributed by atoms with van der Waals surface area (Å²) < 4.78 is 33.9. The van der Waals surface area contributed by atoms with Gasteiger partial charge in [-0.15, -0.1) is 0 Å². The molecule has 3 heterocycles. The molecule has 2 aromatic rings. The standard InChI is InChI=1S/C11H12ClN5.C2HF3O2/c12-10-9-11(15-4-14-10)17(5-16-9)8-2-7-1-6(8)3-13-7;3-2(4,5)1(6)7/h4-8,13H,1-3H2;(H,6,7)/t6-,7-,8+;/m1./s1. The van der Waals surface area contributed by atoms with E-state index in [0.717, 1.165) is 18.6 Å². The van der Waals surface area contributed by atoms with Gasteiger partial charge in [0.2, 0.25) is 0 Å². The first kappa shape index (κ1) is 16.9. The number of nitrogens with one attached hydrogen (secondary N) is 1. The van der Waals surface area contributed by atoms with Crippen LogP contribution >= 0.6 is 11.6 Å². The molecule has 11 heteroatoms. The van der Waals surface area contributed by atoms with Crippen LogP contribution in [-0.2, 0) is 4.79 Å². The Bertz CT molecular complexity index is 766. The number of rotatable bonds is 1. The van der Waals surface area contributed by atoms with Crippen LogP contribution in [0.25, 0.3) is 11.2 Å². The highest BCUT2D eigenvalue weighted by atomic mass is 35.5. The van der Waals surface area contributed by atoms with E-state index >= 15 is 0 Å². The van der Waals surface area contributed by atoms with Crippen molar-refractivity contribution >= 4 is 28.7 Å². The molecule has 0 spiro atoms. The molecule has 4 rings (SSSR count). The zero-order valence-corrected chi connectivity index (χ0v) is 12.9. The number of imidazole rings is 1. The fourth-order valence-corrected chi connectivity index (χ4v) is 3.39. The molecule has 2 aliphatic rings. The average Bonchev–Trinajstić information content (AvgIpc) is 3.21. The molecular formula is C13H13ClF3N5O2. The van der Waals surface area contributed by atoms with Gasteiger partial charge in [-0.05, 0) is 18.8 Å². The summed E-state index contributed by atoms with van der Waals surface area (Å²) in [6, 6.07) is 1.18. The van der Waals surface area contributed by atoms with E-state index in [4.69, 9.17) is 21.5 Å². The quantitative estimate of drug-likeness (QED) is 0.753. The fraction of sp³-hybridized carbons (Fsp3) is 0.538. The van der Waals surface area contributed by atoms with Crippen LogP contribution in [0.2, 0.25) is 5.15 Å². The van der Waals surface area contributed by atoms with Crippen LogP contribution < -0.4 is 5.32 Å². The summed E-state index contributed by atoms with van der Waals surface area (Å²) >= 11 is 6.02. The minimum Gasteiger partial charge on any atom is -0.475 e. The van der Waals surface area contributed by atoms with Crippen LogP contribution in [0.5, 0.6) is 0 Å². The number of carboxylic acids is 1. The highest BCUT2D eigenvalue weighted by molar-refractivity contribution is 6.33. The molecule has 0 unspecified atom stereocenters. The van der Waals surface area contributed by atoms with E-state index < -0.39 is 12.1 Å². The van der Waals surface area contributed by atoms with E-state index in [1.807, 2.05) is 6.33 Å². The van der Waals surface area contributed by atoms with Crippen molar-refractivity contribution in [2.45, 2.75) is 31.1 Å². The Labute approximate surface area is 138 Å². The summed E-state index contributed by atoms with van der Waals surface area (Å²) in [5.41, 5.74) is 1.58. The molecule has 0 radical (unpaired) electrons. The molecule has 0 aromatic carbocycles. The first-order chi connectivity index (χ1) is 11.3. The number of alkyl halides is 3. The lowest BCUT2D eigenvalue weighted by Gasteiger charge is -2.23. The van der Waals surface area contributed by atoms with E-state index in [1.165, 1.54) is 12.7 Å². The van der Waals surface area contributed by atoms with Gasteiger partial charge in [-0.2, -0.15) is 13.2 Å². The number of piperidine rings is 1. The monoisotopic (exact) mass is 363 g/mol. The molecule has 1 saturated carbocycles. The van der Waals surface area contributed by atoms with E-state index in [9.17, 15) is 13.2 Å². The molecule has 2 N–H and O–H groups in total. The van der Waals surface area contributed by atoms with Crippen molar-refractivity contribution in [3.63, 3.8) is 0 Å². The van der Waals surface area contributed by atoms with Crippen LogP contribution in [0.15, 0.2) is 12.7 Å². The van der Waals surface area contributed by atoms with Crippen molar-refractivity contribution in [2.75, 3.05) is 6.54 Å². The van der Waals surface area contributed by atoms with Gasteiger partial charge in [0, 0.05) is 18.6 Å². The zero-order chi connectivity index (χ0) is 17.5. The smallest absolute Gasteiger partial charge is 0.475 e. The Morgan fingerprint density at radius 2 is 2.04 bits per heavy atom. The third kappa shape index (κ3) is 3.16. The number of halogens is 4. The normalized spacial score (nSPS) is 25.6. The number of fused-ring (bicyclic) bond motifs is 3. The summed E-state index contributed by atoms with van der Waals surface area (Å²) in [7, 11) is 0. The lowest BCUT2D eigenvalue weighted by Crippen LogP contribution is -2.30. The second-order valence-electron chi connectivity index (χ2n) is 5.70. The third-order valence-corrected chi connectivity index (χ3v) is 4.52. The highest BCUT2D eigenvalue weighted by Crippen LogP contribution is 2.41. The van der Waals surface area contributed by atoms with Crippen LogP contribution in [0.3, 0.4) is 0 Å². The molecule has 130 valence electrons. The first-order valence-electron chi connectivity index (χ1n) is 7.14. The molecule has 24 heavy (non-hydrogen) atoms. The molecule has 2 bridgehead atoms. The Hall–Kier alpha value is -1.94. The number of carbonyl (C=O) groups is 1. The fourth-order valence-electron chi connectivity index (χ4n) is 3.21. The van der Waals surface area contributed by atoms with Gasteiger partial charge in [-0.25, -0.2) is 19.7 Å². The van der Waals surface area contributed by atoms with Crippen molar-refractivity contribution < 1.29 is 23.1 Å². The Kier molecular flexibility index (Phi) is 4.35. The molecule has 2 aromatic heterocycles. The molecule has 0 amide bonds. The number of nitrogens with zero attached hydrogens (tertiary/aromatic N) is 4. The molecule has 1 aliphatic carbocycles. The maximum Gasteiger partial charge on any atom is 0.490 e. The van der Waals surface area contributed by atoms with Crippen LogP contribution in [-0.4, -0.2) is 49.4 Å². The van der Waals surface area contributed by atoms with Gasteiger partial charge in [0.15, 0.2) is 10.8 Å². The molecule has 3 atom stereocenters. The summed E-state index contributed by atoms with van der Waals surface area (Å²) in [4.78, 5) is 21.5. The van der Waals surface area contributed by atoms with Gasteiger partial charge >= 0.3 is 12.1 Å². The van der Waals surface area contributed by atoms with E-state index in [2.05, 4.69) is 24.8 Å². The minimum absolute atomic E-state index is 0.440. The highest BCUT2D eigenvalue weighted by Gasteiger charge is 2.41. The Morgan fingerprint density at radius 1 is 1.33 bits per heavy atom. The summed E-state index contributed by atoms with van der Waals surface area (Å²) in [6.07, 6.45) is 0.714. The second kappa shape index (κ2) is 6.17. The van der Waals surface area contributed by atoms with E-state index in [0.29, 0.717) is 28.7 Å². The van der Waals surface area contributed by atoms with Crippen LogP contribution in [0.4, 0.5) is 13.2 Å². The predicted molar refractivity (Wildman–Crippen MR) is 77.6 cm³/mol. The summed E-state index contributed by atoms with van der Waals surface area (Å²) in [5, 5.41) is 11.1. The van der Waals surface area contributed by atoms with Crippen molar-refractivity contribution in [2.24, 2.45) is 5.92 Å². The zero-order valence-electron chi connectivity index (χ0n) is 12.2. The topological polar surface area (TPSA) is 92.9 Å². The van der Waals surface area contributed by atoms with E-state index in [1.54, 1.807) is 0 Å². The Balaban J connectivity index is 0.000000209. The molecule has 1 aliphatic heterocycles. The van der Waals surface area contributed by atoms with Gasteiger partial charge in [0.1, 0.15) is 11.8 Å². The lowest BCUT2D eigenvalue weighted by molar-refractivity contribution is -0.192. The predicted octanol–water partition coefficient (Wildman–Crippen LogP) is 2.04. The number of hydrogen-bond acceptors (Lipinski definition) is 5. The largest absolute Gasteiger partial charge is 0.490 e. The van der Waals surface area contributed by atoms with Crippen molar-refractivity contribution in [1.82, 2.24) is 24.8 Å². The number of aliphatic carboxylic acids is 1. The van der Waals surface area contributed by atoms with Crippen LogP contribution in [0.1, 0.15) is 18.9 Å². The SMILES string of the molecule is Clc1ncnc2c1ncn2[C@H]1C[C@H]2C[C@@H]1CN2.O=C(O)C(F)(F)F. The van der Waals surface area contributed by atoms with Crippen molar-refractivity contribution in [3.8, 4) is 0 Å². The first-order valence-corrected chi connectivity index (χ1v) is 7.51. The third-order valence-electron chi connectivity index (χ3n) is 4.24. The lowest BCUT2D eigenvalue weighted by atomic mass is 10.0. The number of hydrogen-bond donors (Lipinski definition) is 2. The van der Waals surface area contributed by atoms with E-state index in [-0.39, 0.29) is 0 Å². The Morgan fingerprint density at radius 3 is 2.58 bits per heavy atom. The van der Waals surface area contributed by atoms with Crippen LogP contribution in [0, 0.1) is 5.92 Å². The minimum atomic E-state index is -5.08. The number of aromatic nitrogens is 4. The van der Waals surface area contributed by atoms with Gasteiger partial charge in [-0.3, -0.25) is 0 Å². The number of carboxylic acid groups (broad SMARTS) is 1. The molecule has 1 saturated heterocycles. The van der Waals surface area contributed by atoms with Gasteiger partial charge in [0.25, 0.3) is 0 Å². The van der Waals surface area contributed by atoms with Gasteiger partial charge in [-0.1, -0.05) is 11.6 Å². The average molecular weight is 364 g/mol. The molecular weight excluding hydrogens is 351 g/mol. The van der Waals surface area contributed by atoms with Crippen molar-refractivity contribution in [1.29, 1.82) is 0 Å². The second-order valence-corrected chi connectivity index (χ2v) is 6.05. The maximum absolute atomic E-state index is 10.6. The molecule has 2 fully saturated rings. The summed E-state index contributed by atoms with van der Waals surface area (Å²) in [5.74, 6) is -2.06. The maximum atomic E-state index is 10.6. The van der Waals surface area contributed by atoms with Gasteiger partial charge < -0.3 is 15.0 Å².